The highest BCUT2D eigenvalue weighted by atomic mass is 32.2. The molecule has 0 radical (unpaired) electrons. The highest BCUT2D eigenvalue weighted by Crippen LogP contribution is 2.42. The van der Waals surface area contributed by atoms with Gasteiger partial charge >= 0.3 is 0 Å². The van der Waals surface area contributed by atoms with Crippen molar-refractivity contribution >= 4 is 11.8 Å². The van der Waals surface area contributed by atoms with Crippen LogP contribution in [0.15, 0.2) is 12.1 Å². The molecular formula is C14H20OS. The lowest BCUT2D eigenvalue weighted by atomic mass is 9.86. The molecule has 0 spiro atoms. The van der Waals surface area contributed by atoms with Crippen LogP contribution in [-0.4, -0.2) is 16.1 Å². The fourth-order valence-corrected chi connectivity index (χ4v) is 3.75. The summed E-state index contributed by atoms with van der Waals surface area (Å²) in [4.78, 5) is 0. The van der Waals surface area contributed by atoms with Gasteiger partial charge in [-0.3, -0.25) is 0 Å². The van der Waals surface area contributed by atoms with Gasteiger partial charge in [0, 0.05) is 11.0 Å². The van der Waals surface area contributed by atoms with Gasteiger partial charge in [-0.25, -0.2) is 0 Å². The Bertz CT molecular complexity index is 413. The van der Waals surface area contributed by atoms with E-state index in [9.17, 15) is 5.11 Å². The van der Waals surface area contributed by atoms with Crippen LogP contribution in [-0.2, 0) is 5.60 Å². The minimum absolute atomic E-state index is 0.561. The molecule has 1 N–H and O–H groups in total. The average molecular weight is 236 g/mol. The molecule has 2 atom stereocenters. The van der Waals surface area contributed by atoms with E-state index in [0.717, 1.165) is 17.7 Å². The van der Waals surface area contributed by atoms with Gasteiger partial charge in [-0.05, 0) is 49.4 Å². The number of hydrogen-bond acceptors (Lipinski definition) is 2. The molecule has 1 heterocycles. The van der Waals surface area contributed by atoms with E-state index in [-0.39, 0.29) is 0 Å². The molecule has 1 aromatic carbocycles. The minimum atomic E-state index is -0.605. The third-order valence-corrected chi connectivity index (χ3v) is 4.95. The van der Waals surface area contributed by atoms with Gasteiger partial charge in [0.2, 0.25) is 0 Å². The summed E-state index contributed by atoms with van der Waals surface area (Å²) >= 11 is 1.87. The molecule has 1 fully saturated rings. The zero-order valence-electron chi connectivity index (χ0n) is 10.5. The van der Waals surface area contributed by atoms with Crippen molar-refractivity contribution in [1.82, 2.24) is 0 Å². The lowest BCUT2D eigenvalue weighted by Crippen LogP contribution is -2.26. The smallest absolute Gasteiger partial charge is 0.0999 e. The maximum Gasteiger partial charge on any atom is 0.0999 e. The summed E-state index contributed by atoms with van der Waals surface area (Å²) < 4.78 is 0. The number of hydrogen-bond donors (Lipinski definition) is 1. The predicted molar refractivity (Wildman–Crippen MR) is 71.1 cm³/mol. The van der Waals surface area contributed by atoms with Gasteiger partial charge in [0.1, 0.15) is 0 Å². The van der Waals surface area contributed by atoms with Crippen molar-refractivity contribution in [2.45, 2.75) is 45.0 Å². The Hall–Kier alpha value is -0.470. The first kappa shape index (κ1) is 12.0. The van der Waals surface area contributed by atoms with E-state index < -0.39 is 5.60 Å². The highest BCUT2D eigenvalue weighted by molar-refractivity contribution is 8.00. The first-order valence-corrected chi connectivity index (χ1v) is 6.89. The largest absolute Gasteiger partial charge is 0.384 e. The van der Waals surface area contributed by atoms with E-state index in [0.29, 0.717) is 5.25 Å². The van der Waals surface area contributed by atoms with Crippen molar-refractivity contribution in [2.75, 3.05) is 5.75 Å². The summed E-state index contributed by atoms with van der Waals surface area (Å²) in [6.45, 7) is 8.54. The SMILES string of the molecule is Cc1cc(C)c(C2(O)CSC(C)C2)cc1C. The fraction of sp³-hybridized carbons (Fsp3) is 0.571. The zero-order valence-corrected chi connectivity index (χ0v) is 11.3. The molecule has 0 amide bonds. The van der Waals surface area contributed by atoms with Crippen LogP contribution < -0.4 is 0 Å². The van der Waals surface area contributed by atoms with E-state index in [1.54, 1.807) is 0 Å². The molecule has 0 saturated carbocycles. The molecule has 2 unspecified atom stereocenters. The number of aryl methyl sites for hydroxylation is 3. The Morgan fingerprint density at radius 3 is 2.38 bits per heavy atom. The molecule has 2 rings (SSSR count). The minimum Gasteiger partial charge on any atom is -0.384 e. The maximum atomic E-state index is 10.7. The van der Waals surface area contributed by atoms with E-state index in [1.807, 2.05) is 11.8 Å². The Kier molecular flexibility index (Phi) is 3.06. The lowest BCUT2D eigenvalue weighted by Gasteiger charge is -2.25. The van der Waals surface area contributed by atoms with Crippen molar-refractivity contribution in [3.63, 3.8) is 0 Å². The molecule has 1 saturated heterocycles. The van der Waals surface area contributed by atoms with Gasteiger partial charge in [0.15, 0.2) is 0 Å². The molecular weight excluding hydrogens is 216 g/mol. The van der Waals surface area contributed by atoms with Crippen LogP contribution in [0.2, 0.25) is 0 Å². The Labute approximate surface area is 102 Å². The molecule has 2 heteroatoms. The summed E-state index contributed by atoms with van der Waals surface area (Å²) in [5.74, 6) is 0.831. The third-order valence-electron chi connectivity index (χ3n) is 3.57. The molecule has 1 aliphatic heterocycles. The first-order valence-electron chi connectivity index (χ1n) is 5.85. The van der Waals surface area contributed by atoms with Crippen LogP contribution in [0.25, 0.3) is 0 Å². The summed E-state index contributed by atoms with van der Waals surface area (Å²) in [5, 5.41) is 11.3. The first-order chi connectivity index (χ1) is 7.42. The Morgan fingerprint density at radius 1 is 1.19 bits per heavy atom. The van der Waals surface area contributed by atoms with Gasteiger partial charge in [-0.15, -0.1) is 0 Å². The standard InChI is InChI=1S/C14H20OS/c1-9-5-11(3)13(6-10(9)2)14(15)7-12(4)16-8-14/h5-6,12,15H,7-8H2,1-4H3. The van der Waals surface area contributed by atoms with Crippen molar-refractivity contribution in [3.8, 4) is 0 Å². The second kappa shape index (κ2) is 4.08. The third kappa shape index (κ3) is 2.01. The normalized spacial score (nSPS) is 29.7. The molecule has 0 bridgehead atoms. The second-order valence-electron chi connectivity index (χ2n) is 5.11. The van der Waals surface area contributed by atoms with Gasteiger partial charge in [-0.1, -0.05) is 19.1 Å². The molecule has 1 nitrogen and oxygen atoms in total. The van der Waals surface area contributed by atoms with Gasteiger partial charge in [0.05, 0.1) is 5.60 Å². The number of aliphatic hydroxyl groups is 1. The highest BCUT2D eigenvalue weighted by Gasteiger charge is 2.38. The van der Waals surface area contributed by atoms with E-state index in [4.69, 9.17) is 0 Å². The average Bonchev–Trinajstić information content (AvgIpc) is 2.53. The van der Waals surface area contributed by atoms with E-state index in [2.05, 4.69) is 39.8 Å². The van der Waals surface area contributed by atoms with Crippen LogP contribution in [0.1, 0.15) is 35.6 Å². The quantitative estimate of drug-likeness (QED) is 0.807. The zero-order chi connectivity index (χ0) is 11.9. The molecule has 1 aromatic rings. The number of thioether (sulfide) groups is 1. The maximum absolute atomic E-state index is 10.7. The summed E-state index contributed by atoms with van der Waals surface area (Å²) in [5.41, 5.74) is 4.34. The van der Waals surface area contributed by atoms with E-state index in [1.165, 1.54) is 16.7 Å². The second-order valence-corrected chi connectivity index (χ2v) is 6.54. The van der Waals surface area contributed by atoms with Crippen LogP contribution in [0.4, 0.5) is 0 Å². The summed E-state index contributed by atoms with van der Waals surface area (Å²) in [6.07, 6.45) is 0.876. The van der Waals surface area contributed by atoms with Crippen molar-refractivity contribution in [3.05, 3.63) is 34.4 Å². The monoisotopic (exact) mass is 236 g/mol. The van der Waals surface area contributed by atoms with Crippen molar-refractivity contribution < 1.29 is 5.11 Å². The molecule has 1 aliphatic rings. The molecule has 88 valence electrons. The van der Waals surface area contributed by atoms with Crippen molar-refractivity contribution in [2.24, 2.45) is 0 Å². The van der Waals surface area contributed by atoms with Crippen LogP contribution >= 0.6 is 11.8 Å². The Balaban J connectivity index is 2.44. The van der Waals surface area contributed by atoms with E-state index >= 15 is 0 Å². The van der Waals surface area contributed by atoms with Crippen LogP contribution in [0.5, 0.6) is 0 Å². The van der Waals surface area contributed by atoms with Crippen LogP contribution in [0.3, 0.4) is 0 Å². The van der Waals surface area contributed by atoms with Gasteiger partial charge < -0.3 is 5.11 Å². The number of rotatable bonds is 1. The Morgan fingerprint density at radius 2 is 1.81 bits per heavy atom. The van der Waals surface area contributed by atoms with Gasteiger partial charge in [0.25, 0.3) is 0 Å². The molecule has 0 aliphatic carbocycles. The lowest BCUT2D eigenvalue weighted by molar-refractivity contribution is 0.0605. The molecule has 0 aromatic heterocycles. The van der Waals surface area contributed by atoms with Crippen molar-refractivity contribution in [1.29, 1.82) is 0 Å². The number of benzene rings is 1. The molecule has 16 heavy (non-hydrogen) atoms. The summed E-state index contributed by atoms with van der Waals surface area (Å²) in [7, 11) is 0. The van der Waals surface area contributed by atoms with Crippen LogP contribution in [0, 0.1) is 20.8 Å². The predicted octanol–water partition coefficient (Wildman–Crippen LogP) is 3.32. The topological polar surface area (TPSA) is 20.2 Å². The van der Waals surface area contributed by atoms with Gasteiger partial charge in [-0.2, -0.15) is 11.8 Å². The summed E-state index contributed by atoms with van der Waals surface area (Å²) in [6, 6.07) is 4.36. The fourth-order valence-electron chi connectivity index (χ4n) is 2.52.